The van der Waals surface area contributed by atoms with Crippen molar-refractivity contribution in [2.75, 3.05) is 12.1 Å². The van der Waals surface area contributed by atoms with Crippen LogP contribution >= 0.6 is 0 Å². The summed E-state index contributed by atoms with van der Waals surface area (Å²) in [4.78, 5) is 0. The zero-order valence-electron chi connectivity index (χ0n) is 9.27. The summed E-state index contributed by atoms with van der Waals surface area (Å²) in [6, 6.07) is 8.44. The number of nitrogens with zero attached hydrogens (tertiary/aromatic N) is 1. The molecule has 1 N–H and O–H groups in total. The van der Waals surface area contributed by atoms with Gasteiger partial charge in [-0.15, -0.1) is 0 Å². The molecule has 2 heteroatoms. The van der Waals surface area contributed by atoms with Crippen molar-refractivity contribution in [1.29, 1.82) is 0 Å². The fourth-order valence-electron chi connectivity index (χ4n) is 2.29. The van der Waals surface area contributed by atoms with Crippen LogP contribution in [0.5, 0.6) is 0 Å². The molecule has 1 aliphatic heterocycles. The standard InChI is InChI=1S/C14H14N2/c1-15-16-13-8-4-2-6-11(13)10-12-7-3-5-9-14(12)16/h2-6,8-10,15H,7H2,1H3. The minimum atomic E-state index is 1.01. The molecule has 0 saturated carbocycles. The van der Waals surface area contributed by atoms with Gasteiger partial charge in [-0.05, 0) is 35.8 Å². The van der Waals surface area contributed by atoms with E-state index in [1.807, 2.05) is 7.05 Å². The maximum atomic E-state index is 3.25. The molecule has 0 spiro atoms. The first-order valence-electron chi connectivity index (χ1n) is 5.54. The quantitative estimate of drug-likeness (QED) is 0.766. The number of hydrogen-bond acceptors (Lipinski definition) is 2. The molecule has 2 nitrogen and oxygen atoms in total. The molecule has 80 valence electrons. The van der Waals surface area contributed by atoms with E-state index in [4.69, 9.17) is 0 Å². The van der Waals surface area contributed by atoms with Gasteiger partial charge in [0.1, 0.15) is 0 Å². The second-order valence-corrected chi connectivity index (χ2v) is 3.97. The van der Waals surface area contributed by atoms with E-state index in [2.05, 4.69) is 59.0 Å². The Labute approximate surface area is 95.6 Å². The van der Waals surface area contributed by atoms with Crippen LogP contribution in [0.15, 0.2) is 53.8 Å². The SMILES string of the molecule is CNN1C2=CC=CCC2=Cc2ccccc21. The Morgan fingerprint density at radius 2 is 2.12 bits per heavy atom. The number of allylic oxidation sites excluding steroid dienone is 4. The monoisotopic (exact) mass is 210 g/mol. The van der Waals surface area contributed by atoms with Crippen molar-refractivity contribution in [2.24, 2.45) is 0 Å². The molecule has 0 radical (unpaired) electrons. The lowest BCUT2D eigenvalue weighted by Gasteiger charge is -2.33. The molecule has 1 aliphatic carbocycles. The van der Waals surface area contributed by atoms with Gasteiger partial charge in [0.2, 0.25) is 0 Å². The highest BCUT2D eigenvalue weighted by molar-refractivity contribution is 5.79. The number of para-hydroxylation sites is 1. The lowest BCUT2D eigenvalue weighted by atomic mass is 9.95. The molecule has 3 rings (SSSR count). The topological polar surface area (TPSA) is 15.3 Å². The summed E-state index contributed by atoms with van der Waals surface area (Å²) in [6.45, 7) is 0. The summed E-state index contributed by atoms with van der Waals surface area (Å²) >= 11 is 0. The summed E-state index contributed by atoms with van der Waals surface area (Å²) in [7, 11) is 1.96. The Kier molecular flexibility index (Phi) is 2.15. The minimum Gasteiger partial charge on any atom is -0.276 e. The van der Waals surface area contributed by atoms with Crippen molar-refractivity contribution in [3.63, 3.8) is 0 Å². The van der Waals surface area contributed by atoms with Crippen LogP contribution in [-0.2, 0) is 0 Å². The predicted molar refractivity (Wildman–Crippen MR) is 67.8 cm³/mol. The largest absolute Gasteiger partial charge is 0.276 e. The second kappa shape index (κ2) is 3.65. The normalized spacial score (nSPS) is 17.4. The van der Waals surface area contributed by atoms with Crippen molar-refractivity contribution < 1.29 is 0 Å². The maximum absolute atomic E-state index is 3.25. The van der Waals surface area contributed by atoms with Crippen molar-refractivity contribution in [1.82, 2.24) is 5.43 Å². The van der Waals surface area contributed by atoms with Gasteiger partial charge in [0.05, 0.1) is 11.4 Å². The number of nitrogens with one attached hydrogen (secondary N) is 1. The van der Waals surface area contributed by atoms with Gasteiger partial charge < -0.3 is 0 Å². The van der Waals surface area contributed by atoms with E-state index >= 15 is 0 Å². The van der Waals surface area contributed by atoms with Gasteiger partial charge in [-0.3, -0.25) is 5.01 Å². The highest BCUT2D eigenvalue weighted by Crippen LogP contribution is 2.36. The van der Waals surface area contributed by atoms with E-state index in [1.54, 1.807) is 0 Å². The number of anilines is 1. The minimum absolute atomic E-state index is 1.01. The third-order valence-corrected chi connectivity index (χ3v) is 3.03. The van der Waals surface area contributed by atoms with Crippen LogP contribution < -0.4 is 10.4 Å². The zero-order valence-corrected chi connectivity index (χ0v) is 9.27. The summed E-state index contributed by atoms with van der Waals surface area (Å²) < 4.78 is 0. The molecule has 0 atom stereocenters. The Morgan fingerprint density at radius 3 is 3.00 bits per heavy atom. The van der Waals surface area contributed by atoms with Crippen molar-refractivity contribution >= 4 is 11.8 Å². The van der Waals surface area contributed by atoms with Gasteiger partial charge in [-0.25, -0.2) is 5.43 Å². The van der Waals surface area contributed by atoms with E-state index in [1.165, 1.54) is 22.5 Å². The van der Waals surface area contributed by atoms with Gasteiger partial charge >= 0.3 is 0 Å². The number of hydrazine groups is 1. The highest BCUT2D eigenvalue weighted by Gasteiger charge is 2.21. The van der Waals surface area contributed by atoms with Gasteiger partial charge in [0.15, 0.2) is 0 Å². The summed E-state index contributed by atoms with van der Waals surface area (Å²) in [6.07, 6.45) is 9.75. The Bertz CT molecular complexity index is 509. The van der Waals surface area contributed by atoms with Crippen LogP contribution in [0.25, 0.3) is 6.08 Å². The summed E-state index contributed by atoms with van der Waals surface area (Å²) in [5, 5.41) is 2.15. The number of rotatable bonds is 1. The fraction of sp³-hybridized carbons (Fsp3) is 0.143. The molecule has 1 aromatic carbocycles. The van der Waals surface area contributed by atoms with Gasteiger partial charge in [-0.1, -0.05) is 30.4 Å². The molecular formula is C14H14N2. The third-order valence-electron chi connectivity index (χ3n) is 3.03. The van der Waals surface area contributed by atoms with Crippen LogP contribution in [0.2, 0.25) is 0 Å². The molecule has 0 amide bonds. The van der Waals surface area contributed by atoms with Crippen LogP contribution in [0, 0.1) is 0 Å². The first-order chi connectivity index (χ1) is 7.90. The average Bonchev–Trinajstić information content (AvgIpc) is 2.36. The Morgan fingerprint density at radius 1 is 1.25 bits per heavy atom. The van der Waals surface area contributed by atoms with Crippen molar-refractivity contribution in [2.45, 2.75) is 6.42 Å². The first-order valence-corrected chi connectivity index (χ1v) is 5.54. The van der Waals surface area contributed by atoms with E-state index < -0.39 is 0 Å². The zero-order chi connectivity index (χ0) is 11.0. The average molecular weight is 210 g/mol. The molecule has 0 bridgehead atoms. The maximum Gasteiger partial charge on any atom is 0.0650 e. The van der Waals surface area contributed by atoms with Gasteiger partial charge in [0.25, 0.3) is 0 Å². The molecular weight excluding hydrogens is 196 g/mol. The smallest absolute Gasteiger partial charge is 0.0650 e. The van der Waals surface area contributed by atoms with Crippen LogP contribution in [0.4, 0.5) is 5.69 Å². The molecule has 1 heterocycles. The van der Waals surface area contributed by atoms with Gasteiger partial charge in [-0.2, -0.15) is 0 Å². The fourth-order valence-corrected chi connectivity index (χ4v) is 2.29. The lowest BCUT2D eigenvalue weighted by Crippen LogP contribution is -2.37. The molecule has 0 aromatic heterocycles. The molecule has 16 heavy (non-hydrogen) atoms. The molecule has 2 aliphatic rings. The number of hydrogen-bond donors (Lipinski definition) is 1. The molecule has 0 fully saturated rings. The Balaban J connectivity index is 2.20. The lowest BCUT2D eigenvalue weighted by molar-refractivity contribution is 0.782. The predicted octanol–water partition coefficient (Wildman–Crippen LogP) is 2.87. The van der Waals surface area contributed by atoms with E-state index in [0.29, 0.717) is 0 Å². The van der Waals surface area contributed by atoms with Crippen LogP contribution in [0.3, 0.4) is 0 Å². The molecule has 0 unspecified atom stereocenters. The van der Waals surface area contributed by atoms with Crippen LogP contribution in [-0.4, -0.2) is 7.05 Å². The summed E-state index contributed by atoms with van der Waals surface area (Å²) in [5.74, 6) is 0. The second-order valence-electron chi connectivity index (χ2n) is 3.97. The number of benzene rings is 1. The van der Waals surface area contributed by atoms with E-state index in [0.717, 1.165) is 6.42 Å². The first kappa shape index (κ1) is 9.43. The van der Waals surface area contributed by atoms with E-state index in [-0.39, 0.29) is 0 Å². The highest BCUT2D eigenvalue weighted by atomic mass is 15.5. The van der Waals surface area contributed by atoms with Gasteiger partial charge in [0, 0.05) is 7.05 Å². The number of fused-ring (bicyclic) bond motifs is 2. The summed E-state index contributed by atoms with van der Waals surface area (Å²) in [5.41, 5.74) is 8.37. The Hall–Kier alpha value is -1.80. The molecule has 0 saturated heterocycles. The van der Waals surface area contributed by atoms with E-state index in [9.17, 15) is 0 Å². The van der Waals surface area contributed by atoms with Crippen molar-refractivity contribution in [3.8, 4) is 0 Å². The molecule has 1 aromatic rings. The third kappa shape index (κ3) is 1.31. The van der Waals surface area contributed by atoms with Crippen LogP contribution in [0.1, 0.15) is 12.0 Å². The van der Waals surface area contributed by atoms with Crippen molar-refractivity contribution in [3.05, 3.63) is 59.3 Å².